The van der Waals surface area contributed by atoms with Gasteiger partial charge in [-0.1, -0.05) is 41.1 Å². The number of alkyl halides is 1. The van der Waals surface area contributed by atoms with E-state index in [-0.39, 0.29) is 5.91 Å². The van der Waals surface area contributed by atoms with Crippen molar-refractivity contribution < 1.29 is 4.79 Å². The van der Waals surface area contributed by atoms with E-state index in [0.717, 1.165) is 5.01 Å². The molecule has 0 fully saturated rings. The zero-order chi connectivity index (χ0) is 10.6. The van der Waals surface area contributed by atoms with Gasteiger partial charge in [-0.15, -0.1) is 10.2 Å². The molecular formula is C8H12BrN3OS. The first-order valence-corrected chi connectivity index (χ1v) is 6.26. The van der Waals surface area contributed by atoms with Crippen molar-refractivity contribution in [3.63, 3.8) is 0 Å². The monoisotopic (exact) mass is 277 g/mol. The van der Waals surface area contributed by atoms with Crippen LogP contribution in [0, 0.1) is 0 Å². The third kappa shape index (κ3) is 3.34. The lowest BCUT2D eigenvalue weighted by Crippen LogP contribution is -2.11. The maximum Gasteiger partial charge on any atom is 0.227 e. The summed E-state index contributed by atoms with van der Waals surface area (Å²) in [5, 5.41) is 12.7. The first-order valence-electron chi connectivity index (χ1n) is 4.32. The van der Waals surface area contributed by atoms with Gasteiger partial charge in [-0.05, 0) is 0 Å². The standard InChI is InChI=1S/C8H12BrN3OS/c1-5(2)7-11-12-8(14-7)10-6(13)3-4-9/h5H,3-4H2,1-2H3,(H,10,12,13). The summed E-state index contributed by atoms with van der Waals surface area (Å²) in [6.07, 6.45) is 0.455. The van der Waals surface area contributed by atoms with Gasteiger partial charge in [0.25, 0.3) is 0 Å². The van der Waals surface area contributed by atoms with Gasteiger partial charge in [0, 0.05) is 17.7 Å². The van der Waals surface area contributed by atoms with Crippen LogP contribution in [-0.4, -0.2) is 21.4 Å². The molecule has 0 saturated carbocycles. The number of aromatic nitrogens is 2. The maximum absolute atomic E-state index is 11.2. The minimum Gasteiger partial charge on any atom is -0.301 e. The number of rotatable bonds is 4. The smallest absolute Gasteiger partial charge is 0.227 e. The number of halogens is 1. The Hall–Kier alpha value is -0.490. The number of hydrogen-bond donors (Lipinski definition) is 1. The zero-order valence-electron chi connectivity index (χ0n) is 8.08. The van der Waals surface area contributed by atoms with Gasteiger partial charge in [-0.3, -0.25) is 4.79 Å². The molecule has 0 aliphatic carbocycles. The number of hydrogen-bond acceptors (Lipinski definition) is 4. The maximum atomic E-state index is 11.2. The molecule has 1 N–H and O–H groups in total. The third-order valence-corrected chi connectivity index (χ3v) is 3.04. The molecular weight excluding hydrogens is 266 g/mol. The summed E-state index contributed by atoms with van der Waals surface area (Å²) in [5.41, 5.74) is 0. The Labute approximate surface area is 95.2 Å². The fraction of sp³-hybridized carbons (Fsp3) is 0.625. The van der Waals surface area contributed by atoms with E-state index >= 15 is 0 Å². The van der Waals surface area contributed by atoms with E-state index in [2.05, 4.69) is 31.4 Å². The molecule has 1 aromatic rings. The molecule has 0 saturated heterocycles. The molecule has 0 unspecified atom stereocenters. The van der Waals surface area contributed by atoms with Crippen LogP contribution in [0.3, 0.4) is 0 Å². The Balaban J connectivity index is 2.55. The van der Waals surface area contributed by atoms with E-state index in [1.165, 1.54) is 11.3 Å². The van der Waals surface area contributed by atoms with Crippen molar-refractivity contribution in [3.8, 4) is 0 Å². The Bertz CT molecular complexity index is 313. The Morgan fingerprint density at radius 1 is 1.57 bits per heavy atom. The first-order chi connectivity index (χ1) is 6.63. The third-order valence-electron chi connectivity index (χ3n) is 1.50. The fourth-order valence-electron chi connectivity index (χ4n) is 0.786. The van der Waals surface area contributed by atoms with Crippen LogP contribution >= 0.6 is 27.3 Å². The number of carbonyl (C=O) groups is 1. The molecule has 1 aromatic heterocycles. The molecule has 1 amide bonds. The molecule has 0 bridgehead atoms. The van der Waals surface area contributed by atoms with Crippen LogP contribution < -0.4 is 5.32 Å². The number of carbonyl (C=O) groups excluding carboxylic acids is 1. The van der Waals surface area contributed by atoms with E-state index in [9.17, 15) is 4.79 Å². The van der Waals surface area contributed by atoms with Gasteiger partial charge in [0.2, 0.25) is 11.0 Å². The van der Waals surface area contributed by atoms with E-state index in [0.29, 0.717) is 22.8 Å². The fourth-order valence-corrected chi connectivity index (χ4v) is 1.91. The summed E-state index contributed by atoms with van der Waals surface area (Å²) < 4.78 is 0. The number of nitrogens with one attached hydrogen (secondary N) is 1. The van der Waals surface area contributed by atoms with Crippen LogP contribution in [0.1, 0.15) is 31.2 Å². The van der Waals surface area contributed by atoms with Crippen molar-refractivity contribution in [2.45, 2.75) is 26.2 Å². The second-order valence-corrected chi connectivity index (χ2v) is 4.89. The lowest BCUT2D eigenvalue weighted by Gasteiger charge is -1.97. The highest BCUT2D eigenvalue weighted by atomic mass is 79.9. The van der Waals surface area contributed by atoms with Gasteiger partial charge in [-0.25, -0.2) is 0 Å². The number of anilines is 1. The summed E-state index contributed by atoms with van der Waals surface area (Å²) in [4.78, 5) is 11.2. The van der Waals surface area contributed by atoms with Gasteiger partial charge in [0.15, 0.2) is 0 Å². The minimum atomic E-state index is -0.0340. The molecule has 1 heterocycles. The van der Waals surface area contributed by atoms with Crippen molar-refractivity contribution in [2.24, 2.45) is 0 Å². The zero-order valence-corrected chi connectivity index (χ0v) is 10.5. The van der Waals surface area contributed by atoms with E-state index < -0.39 is 0 Å². The molecule has 6 heteroatoms. The molecule has 78 valence electrons. The predicted octanol–water partition coefficient (Wildman–Crippen LogP) is 2.39. The minimum absolute atomic E-state index is 0.0340. The topological polar surface area (TPSA) is 54.9 Å². The molecule has 4 nitrogen and oxygen atoms in total. The van der Waals surface area contributed by atoms with Gasteiger partial charge in [-0.2, -0.15) is 0 Å². The largest absolute Gasteiger partial charge is 0.301 e. The molecule has 0 aromatic carbocycles. The van der Waals surface area contributed by atoms with Gasteiger partial charge < -0.3 is 5.32 Å². The molecule has 0 atom stereocenters. The average molecular weight is 278 g/mol. The summed E-state index contributed by atoms with van der Waals surface area (Å²) >= 11 is 4.62. The molecule has 1 rings (SSSR count). The van der Waals surface area contributed by atoms with Gasteiger partial charge in [0.1, 0.15) is 5.01 Å². The normalized spacial score (nSPS) is 10.6. The van der Waals surface area contributed by atoms with Crippen LogP contribution in [-0.2, 0) is 4.79 Å². The molecule has 14 heavy (non-hydrogen) atoms. The summed E-state index contributed by atoms with van der Waals surface area (Å²) in [7, 11) is 0. The second-order valence-electron chi connectivity index (χ2n) is 3.09. The van der Waals surface area contributed by atoms with Crippen molar-refractivity contribution in [2.75, 3.05) is 10.6 Å². The summed E-state index contributed by atoms with van der Waals surface area (Å²) in [5.74, 6) is 0.322. The Morgan fingerprint density at radius 2 is 2.29 bits per heavy atom. The lowest BCUT2D eigenvalue weighted by molar-refractivity contribution is -0.115. The van der Waals surface area contributed by atoms with Crippen LogP contribution in [0.25, 0.3) is 0 Å². The van der Waals surface area contributed by atoms with Crippen LogP contribution in [0.2, 0.25) is 0 Å². The summed E-state index contributed by atoms with van der Waals surface area (Å²) in [6, 6.07) is 0. The lowest BCUT2D eigenvalue weighted by atomic mass is 10.2. The SMILES string of the molecule is CC(C)c1nnc(NC(=O)CCBr)s1. The first kappa shape index (κ1) is 11.6. The molecule has 0 aliphatic heterocycles. The van der Waals surface area contributed by atoms with Gasteiger partial charge in [0.05, 0.1) is 0 Å². The highest BCUT2D eigenvalue weighted by molar-refractivity contribution is 9.09. The summed E-state index contributed by atoms with van der Waals surface area (Å²) in [6.45, 7) is 4.09. The van der Waals surface area contributed by atoms with E-state index in [4.69, 9.17) is 0 Å². The predicted molar refractivity (Wildman–Crippen MR) is 61.0 cm³/mol. The van der Waals surface area contributed by atoms with Crippen molar-refractivity contribution in [3.05, 3.63) is 5.01 Å². The van der Waals surface area contributed by atoms with Crippen LogP contribution in [0.5, 0.6) is 0 Å². The Kier molecular flexibility index (Phi) is 4.47. The second kappa shape index (κ2) is 5.41. The molecule has 0 radical (unpaired) electrons. The highest BCUT2D eigenvalue weighted by Crippen LogP contribution is 2.22. The Morgan fingerprint density at radius 3 is 2.79 bits per heavy atom. The quantitative estimate of drug-likeness (QED) is 0.860. The van der Waals surface area contributed by atoms with Crippen LogP contribution in [0.4, 0.5) is 5.13 Å². The van der Waals surface area contributed by atoms with Crippen molar-refractivity contribution in [1.29, 1.82) is 0 Å². The van der Waals surface area contributed by atoms with Gasteiger partial charge >= 0.3 is 0 Å². The molecule has 0 aliphatic rings. The average Bonchev–Trinajstić information content (AvgIpc) is 2.53. The highest BCUT2D eigenvalue weighted by Gasteiger charge is 2.09. The van der Waals surface area contributed by atoms with Crippen molar-refractivity contribution >= 4 is 38.3 Å². The van der Waals surface area contributed by atoms with Crippen LogP contribution in [0.15, 0.2) is 0 Å². The van der Waals surface area contributed by atoms with E-state index in [1.54, 1.807) is 0 Å². The van der Waals surface area contributed by atoms with Crippen molar-refractivity contribution in [1.82, 2.24) is 10.2 Å². The van der Waals surface area contributed by atoms with E-state index in [1.807, 2.05) is 13.8 Å². The molecule has 0 spiro atoms. The number of amides is 1. The number of nitrogens with zero attached hydrogens (tertiary/aromatic N) is 2.